The predicted molar refractivity (Wildman–Crippen MR) is 118 cm³/mol. The van der Waals surface area contributed by atoms with Gasteiger partial charge in [-0.3, -0.25) is 4.79 Å². The van der Waals surface area contributed by atoms with Gasteiger partial charge in [0.25, 0.3) is 0 Å². The number of benzene rings is 2. The molecular formula is C24H24FN5O2. The van der Waals surface area contributed by atoms with Gasteiger partial charge in [-0.25, -0.2) is 4.39 Å². The highest BCUT2D eigenvalue weighted by Crippen LogP contribution is 2.19. The fourth-order valence-electron chi connectivity index (χ4n) is 3.73. The summed E-state index contributed by atoms with van der Waals surface area (Å²) in [5, 5.41) is 12.1. The number of nitrogens with zero attached hydrogens (tertiary/aromatic N) is 5. The van der Waals surface area contributed by atoms with Gasteiger partial charge in [-0.2, -0.15) is 4.80 Å². The van der Waals surface area contributed by atoms with E-state index in [0.717, 1.165) is 30.1 Å². The number of methoxy groups -OCH3 is 1. The molecule has 0 saturated carbocycles. The predicted octanol–water partition coefficient (Wildman–Crippen LogP) is 4.03. The van der Waals surface area contributed by atoms with Crippen LogP contribution in [0.15, 0.2) is 54.6 Å². The maximum Gasteiger partial charge on any atom is 0.205 e. The van der Waals surface area contributed by atoms with Crippen molar-refractivity contribution in [3.8, 4) is 17.1 Å². The van der Waals surface area contributed by atoms with Crippen LogP contribution in [0.3, 0.4) is 0 Å². The van der Waals surface area contributed by atoms with Crippen LogP contribution >= 0.6 is 0 Å². The number of carbonyl (C=O) groups is 1. The molecule has 0 aliphatic carbocycles. The molecule has 164 valence electrons. The van der Waals surface area contributed by atoms with Crippen molar-refractivity contribution in [3.63, 3.8) is 0 Å². The fraction of sp³-hybridized carbons (Fsp3) is 0.250. The molecule has 4 rings (SSSR count). The number of rotatable bonds is 8. The average molecular weight is 433 g/mol. The first-order valence-electron chi connectivity index (χ1n) is 10.3. The summed E-state index contributed by atoms with van der Waals surface area (Å²) < 4.78 is 20.8. The van der Waals surface area contributed by atoms with Crippen molar-refractivity contribution >= 4 is 5.78 Å². The smallest absolute Gasteiger partial charge is 0.205 e. The molecule has 8 heteroatoms. The number of halogens is 1. The van der Waals surface area contributed by atoms with Crippen molar-refractivity contribution in [2.24, 2.45) is 0 Å². The molecule has 0 aliphatic rings. The van der Waals surface area contributed by atoms with E-state index in [9.17, 15) is 9.18 Å². The van der Waals surface area contributed by atoms with E-state index in [1.54, 1.807) is 19.2 Å². The Balaban J connectivity index is 1.45. The van der Waals surface area contributed by atoms with Gasteiger partial charge < -0.3 is 9.30 Å². The van der Waals surface area contributed by atoms with E-state index in [4.69, 9.17) is 4.74 Å². The molecule has 0 radical (unpaired) electrons. The normalized spacial score (nSPS) is 11.0. The Kier molecular flexibility index (Phi) is 6.11. The summed E-state index contributed by atoms with van der Waals surface area (Å²) in [5.74, 6) is 0.633. The number of ether oxygens (including phenoxy) is 1. The molecule has 2 aromatic carbocycles. The zero-order valence-corrected chi connectivity index (χ0v) is 18.2. The largest absolute Gasteiger partial charge is 0.497 e. The summed E-state index contributed by atoms with van der Waals surface area (Å²) >= 11 is 0. The molecule has 0 aliphatic heterocycles. The van der Waals surface area contributed by atoms with Gasteiger partial charge in [0, 0.05) is 29.1 Å². The zero-order valence-electron chi connectivity index (χ0n) is 18.2. The van der Waals surface area contributed by atoms with Crippen LogP contribution in [0, 0.1) is 19.7 Å². The van der Waals surface area contributed by atoms with Gasteiger partial charge in [-0.05, 0) is 61.4 Å². The van der Waals surface area contributed by atoms with E-state index in [-0.39, 0.29) is 24.0 Å². The highest BCUT2D eigenvalue weighted by atomic mass is 19.1. The van der Waals surface area contributed by atoms with Crippen LogP contribution in [0.25, 0.3) is 11.4 Å². The number of carbonyl (C=O) groups excluding carboxylic acids is 1. The van der Waals surface area contributed by atoms with Crippen LogP contribution in [0.5, 0.6) is 5.75 Å². The molecule has 7 nitrogen and oxygen atoms in total. The molecule has 2 heterocycles. The fourth-order valence-corrected chi connectivity index (χ4v) is 3.73. The number of hydrogen-bond acceptors (Lipinski definition) is 5. The minimum Gasteiger partial charge on any atom is -0.497 e. The lowest BCUT2D eigenvalue weighted by Crippen LogP contribution is -2.14. The summed E-state index contributed by atoms with van der Waals surface area (Å²) in [4.78, 5) is 14.2. The third-order valence-corrected chi connectivity index (χ3v) is 5.48. The van der Waals surface area contributed by atoms with Crippen molar-refractivity contribution in [2.75, 3.05) is 7.11 Å². The van der Waals surface area contributed by atoms with E-state index in [1.165, 1.54) is 22.5 Å². The Morgan fingerprint density at radius 1 is 1.09 bits per heavy atom. The highest BCUT2D eigenvalue weighted by molar-refractivity contribution is 5.97. The van der Waals surface area contributed by atoms with Gasteiger partial charge in [0.05, 0.1) is 7.11 Å². The van der Waals surface area contributed by atoms with Gasteiger partial charge in [-0.15, -0.1) is 10.2 Å². The molecule has 0 unspecified atom stereocenters. The summed E-state index contributed by atoms with van der Waals surface area (Å²) in [5.41, 5.74) is 4.28. The van der Waals surface area contributed by atoms with Crippen molar-refractivity contribution in [1.29, 1.82) is 0 Å². The molecule has 0 spiro atoms. The maximum absolute atomic E-state index is 13.4. The molecule has 0 bridgehead atoms. The van der Waals surface area contributed by atoms with E-state index < -0.39 is 0 Å². The SMILES string of the molecule is COc1ccc(CCn2c(C)cc(C(=O)Cn3nnc(-c4cccc(F)c4)n3)c2C)cc1. The molecule has 0 N–H and O–H groups in total. The molecule has 0 atom stereocenters. The second-order valence-electron chi connectivity index (χ2n) is 7.61. The van der Waals surface area contributed by atoms with Crippen molar-refractivity contribution < 1.29 is 13.9 Å². The first kappa shape index (κ1) is 21.4. The van der Waals surface area contributed by atoms with Crippen LogP contribution in [-0.2, 0) is 19.5 Å². The summed E-state index contributed by atoms with van der Waals surface area (Å²) in [6.07, 6.45) is 0.843. The highest BCUT2D eigenvalue weighted by Gasteiger charge is 2.18. The molecule has 4 aromatic rings. The minimum absolute atomic E-state index is 0.0366. The third-order valence-electron chi connectivity index (χ3n) is 5.48. The molecule has 0 fully saturated rings. The Hall–Kier alpha value is -3.81. The number of aromatic nitrogens is 5. The number of tetrazole rings is 1. The second kappa shape index (κ2) is 9.13. The second-order valence-corrected chi connectivity index (χ2v) is 7.61. The van der Waals surface area contributed by atoms with Crippen LogP contribution in [0.2, 0.25) is 0 Å². The molecule has 32 heavy (non-hydrogen) atoms. The Labute approximate surface area is 185 Å². The Bertz CT molecular complexity index is 1240. The van der Waals surface area contributed by atoms with Gasteiger partial charge in [0.1, 0.15) is 18.1 Å². The number of aryl methyl sites for hydroxylation is 2. The summed E-state index contributed by atoms with van der Waals surface area (Å²) in [7, 11) is 1.65. The zero-order chi connectivity index (χ0) is 22.7. The first-order valence-corrected chi connectivity index (χ1v) is 10.3. The van der Waals surface area contributed by atoms with Crippen LogP contribution in [-0.4, -0.2) is 37.7 Å². The number of hydrogen-bond donors (Lipinski definition) is 0. The minimum atomic E-state index is -0.378. The lowest BCUT2D eigenvalue weighted by atomic mass is 10.1. The van der Waals surface area contributed by atoms with Crippen LogP contribution in [0.4, 0.5) is 4.39 Å². The Morgan fingerprint density at radius 3 is 2.59 bits per heavy atom. The van der Waals surface area contributed by atoms with E-state index >= 15 is 0 Å². The molecule has 2 aromatic heterocycles. The standard InChI is InChI=1S/C24H24FN5O2/c1-16-13-22(17(2)29(16)12-11-18-7-9-21(32-3)10-8-18)23(31)15-30-27-24(26-28-30)19-5-4-6-20(25)14-19/h4-10,13-14H,11-12,15H2,1-3H3. The lowest BCUT2D eigenvalue weighted by Gasteiger charge is -2.10. The number of Topliss-reactive ketones (excluding diaryl/α,β-unsaturated/α-hetero) is 1. The maximum atomic E-state index is 13.4. The quantitative estimate of drug-likeness (QED) is 0.392. The van der Waals surface area contributed by atoms with Crippen molar-refractivity contribution in [2.45, 2.75) is 33.4 Å². The molecule has 0 amide bonds. The summed E-state index contributed by atoms with van der Waals surface area (Å²) in [6, 6.07) is 15.8. The Morgan fingerprint density at radius 2 is 1.88 bits per heavy atom. The lowest BCUT2D eigenvalue weighted by molar-refractivity contribution is 0.0960. The molecule has 0 saturated heterocycles. The summed E-state index contributed by atoms with van der Waals surface area (Å²) in [6.45, 7) is 4.67. The third kappa shape index (κ3) is 4.59. The first-order chi connectivity index (χ1) is 15.4. The topological polar surface area (TPSA) is 74.8 Å². The van der Waals surface area contributed by atoms with Crippen molar-refractivity contribution in [1.82, 2.24) is 24.8 Å². The van der Waals surface area contributed by atoms with Gasteiger partial charge in [0.2, 0.25) is 5.82 Å². The van der Waals surface area contributed by atoms with Crippen LogP contribution < -0.4 is 4.74 Å². The number of ketones is 1. The molecular weight excluding hydrogens is 409 g/mol. The van der Waals surface area contributed by atoms with E-state index in [2.05, 4.69) is 20.0 Å². The monoisotopic (exact) mass is 433 g/mol. The van der Waals surface area contributed by atoms with Gasteiger partial charge in [-0.1, -0.05) is 24.3 Å². The van der Waals surface area contributed by atoms with E-state index in [0.29, 0.717) is 11.1 Å². The van der Waals surface area contributed by atoms with E-state index in [1.807, 2.05) is 44.2 Å². The van der Waals surface area contributed by atoms with Gasteiger partial charge in [0.15, 0.2) is 5.78 Å². The van der Waals surface area contributed by atoms with Gasteiger partial charge >= 0.3 is 0 Å². The average Bonchev–Trinajstić information content (AvgIpc) is 3.37. The van der Waals surface area contributed by atoms with Crippen molar-refractivity contribution in [3.05, 3.63) is 82.9 Å². The van der Waals surface area contributed by atoms with Crippen LogP contribution in [0.1, 0.15) is 27.3 Å².